The van der Waals surface area contributed by atoms with Crippen molar-refractivity contribution < 1.29 is 19.5 Å². The van der Waals surface area contributed by atoms with Crippen LogP contribution >= 0.6 is 11.3 Å². The van der Waals surface area contributed by atoms with Crippen LogP contribution in [0.4, 0.5) is 0 Å². The average Bonchev–Trinajstić information content (AvgIpc) is 2.94. The van der Waals surface area contributed by atoms with Crippen molar-refractivity contribution in [3.05, 3.63) is 15.6 Å². The molecule has 0 radical (unpaired) electrons. The van der Waals surface area contributed by atoms with Crippen LogP contribution in [0.3, 0.4) is 0 Å². The number of carboxylic acids is 1. The third-order valence-electron chi connectivity index (χ3n) is 3.66. The molecule has 1 unspecified atom stereocenters. The van der Waals surface area contributed by atoms with Crippen LogP contribution < -0.4 is 5.32 Å². The lowest BCUT2D eigenvalue weighted by molar-refractivity contribution is -0.133. The molecule has 0 aromatic carbocycles. The lowest BCUT2D eigenvalue weighted by Gasteiger charge is -2.21. The first-order valence-corrected chi connectivity index (χ1v) is 9.39. The van der Waals surface area contributed by atoms with Gasteiger partial charge < -0.3 is 15.3 Å². The Labute approximate surface area is 152 Å². The molecule has 0 bridgehead atoms. The molecule has 25 heavy (non-hydrogen) atoms. The maximum absolute atomic E-state index is 12.2. The minimum absolute atomic E-state index is 0.00948. The Morgan fingerprint density at radius 1 is 1.20 bits per heavy atom. The van der Waals surface area contributed by atoms with E-state index in [0.29, 0.717) is 23.8 Å². The summed E-state index contributed by atoms with van der Waals surface area (Å²) >= 11 is 1.06. The van der Waals surface area contributed by atoms with Gasteiger partial charge in [-0.15, -0.1) is 11.3 Å². The highest BCUT2D eigenvalue weighted by molar-refractivity contribution is 7.13. The van der Waals surface area contributed by atoms with Crippen molar-refractivity contribution in [3.63, 3.8) is 0 Å². The van der Waals surface area contributed by atoms with Gasteiger partial charge in [0.2, 0.25) is 11.8 Å². The summed E-state index contributed by atoms with van der Waals surface area (Å²) in [5, 5.41) is 12.4. The predicted octanol–water partition coefficient (Wildman–Crippen LogP) is 2.76. The molecular formula is C17H27N3O4S. The normalized spacial score (nSPS) is 11.8. The van der Waals surface area contributed by atoms with Gasteiger partial charge in [0.05, 0.1) is 11.7 Å². The van der Waals surface area contributed by atoms with Crippen molar-refractivity contribution in [2.24, 2.45) is 0 Å². The number of nitrogens with zero attached hydrogens (tertiary/aromatic N) is 2. The van der Waals surface area contributed by atoms with Gasteiger partial charge in [0.1, 0.15) is 9.88 Å². The smallest absolute Gasteiger partial charge is 0.347 e. The molecule has 0 fully saturated rings. The maximum atomic E-state index is 12.2. The van der Waals surface area contributed by atoms with Gasteiger partial charge >= 0.3 is 5.97 Å². The molecule has 7 nitrogen and oxygen atoms in total. The van der Waals surface area contributed by atoms with Gasteiger partial charge in [0, 0.05) is 25.9 Å². The first-order chi connectivity index (χ1) is 11.8. The van der Waals surface area contributed by atoms with Crippen molar-refractivity contribution in [2.45, 2.75) is 59.4 Å². The van der Waals surface area contributed by atoms with Crippen molar-refractivity contribution in [3.8, 4) is 0 Å². The van der Waals surface area contributed by atoms with E-state index >= 15 is 0 Å². The molecule has 0 aliphatic heterocycles. The number of hydrogen-bond acceptors (Lipinski definition) is 5. The van der Waals surface area contributed by atoms with E-state index in [1.54, 1.807) is 18.7 Å². The molecule has 140 valence electrons. The summed E-state index contributed by atoms with van der Waals surface area (Å²) in [6.07, 6.45) is 2.08. The summed E-state index contributed by atoms with van der Waals surface area (Å²) in [7, 11) is 0. The van der Waals surface area contributed by atoms with Gasteiger partial charge in [-0.1, -0.05) is 13.8 Å². The molecule has 0 saturated carbocycles. The third kappa shape index (κ3) is 6.45. The van der Waals surface area contributed by atoms with Crippen LogP contribution in [0, 0.1) is 6.92 Å². The first-order valence-electron chi connectivity index (χ1n) is 8.57. The Morgan fingerprint density at radius 2 is 1.80 bits per heavy atom. The van der Waals surface area contributed by atoms with Crippen LogP contribution in [-0.2, 0) is 9.59 Å². The van der Waals surface area contributed by atoms with E-state index in [1.165, 1.54) is 0 Å². The number of hydrogen-bond donors (Lipinski definition) is 2. The summed E-state index contributed by atoms with van der Waals surface area (Å²) < 4.78 is 0. The number of aryl methyl sites for hydroxylation is 1. The summed E-state index contributed by atoms with van der Waals surface area (Å²) in [5.41, 5.74) is 0.443. The molecular weight excluding hydrogens is 342 g/mol. The van der Waals surface area contributed by atoms with Gasteiger partial charge in [-0.2, -0.15) is 0 Å². The zero-order valence-corrected chi connectivity index (χ0v) is 16.1. The zero-order valence-electron chi connectivity index (χ0n) is 15.3. The second-order valence-corrected chi connectivity index (χ2v) is 6.97. The van der Waals surface area contributed by atoms with Crippen molar-refractivity contribution >= 4 is 29.1 Å². The van der Waals surface area contributed by atoms with Crippen molar-refractivity contribution in [1.82, 2.24) is 15.2 Å². The number of aromatic nitrogens is 1. The number of amides is 2. The summed E-state index contributed by atoms with van der Waals surface area (Å²) in [6, 6.07) is -0.387. The van der Waals surface area contributed by atoms with E-state index in [0.717, 1.165) is 24.2 Å². The molecule has 2 amide bonds. The monoisotopic (exact) mass is 369 g/mol. The number of carboxylic acid groups (broad SMARTS) is 1. The largest absolute Gasteiger partial charge is 0.477 e. The van der Waals surface area contributed by atoms with Gasteiger partial charge in [0.25, 0.3) is 0 Å². The fraction of sp³-hybridized carbons (Fsp3) is 0.647. The van der Waals surface area contributed by atoms with E-state index in [4.69, 9.17) is 5.11 Å². The highest BCUT2D eigenvalue weighted by atomic mass is 32.1. The van der Waals surface area contributed by atoms with Gasteiger partial charge in [-0.3, -0.25) is 9.59 Å². The molecule has 2 N–H and O–H groups in total. The minimum Gasteiger partial charge on any atom is -0.477 e. The van der Waals surface area contributed by atoms with Crippen LogP contribution in [0.15, 0.2) is 0 Å². The van der Waals surface area contributed by atoms with Gasteiger partial charge in [-0.05, 0) is 26.7 Å². The molecule has 1 rings (SSSR count). The van der Waals surface area contributed by atoms with E-state index < -0.39 is 5.97 Å². The molecule has 0 aliphatic rings. The molecule has 1 aromatic rings. The zero-order chi connectivity index (χ0) is 19.0. The molecule has 0 aliphatic carbocycles. The SMILES string of the molecule is CCCN(CCC)C(=O)CCC(=O)NC(C)c1nc(C)c(C(=O)O)s1. The van der Waals surface area contributed by atoms with Crippen molar-refractivity contribution in [2.75, 3.05) is 13.1 Å². The summed E-state index contributed by atoms with van der Waals surface area (Å²) in [4.78, 5) is 41.5. The Morgan fingerprint density at radius 3 is 2.28 bits per heavy atom. The summed E-state index contributed by atoms with van der Waals surface area (Å²) in [5.74, 6) is -1.26. The van der Waals surface area contributed by atoms with E-state index in [-0.39, 0.29) is 35.6 Å². The number of rotatable bonds is 10. The van der Waals surface area contributed by atoms with Crippen LogP contribution in [0.5, 0.6) is 0 Å². The highest BCUT2D eigenvalue weighted by Crippen LogP contribution is 2.23. The second kappa shape index (κ2) is 10.1. The average molecular weight is 369 g/mol. The first kappa shape index (κ1) is 21.1. The van der Waals surface area contributed by atoms with Gasteiger partial charge in [0.15, 0.2) is 0 Å². The standard InChI is InChI=1S/C17H27N3O4S/c1-5-9-20(10-6-2)14(22)8-7-13(21)18-12(4)16-19-11(3)15(25-16)17(23)24/h12H,5-10H2,1-4H3,(H,18,21)(H,23,24). The number of carbonyl (C=O) groups is 3. The van der Waals surface area contributed by atoms with Crippen LogP contribution in [0.2, 0.25) is 0 Å². The Bertz CT molecular complexity index is 609. The Balaban J connectivity index is 2.54. The van der Waals surface area contributed by atoms with Gasteiger partial charge in [-0.25, -0.2) is 9.78 Å². The molecule has 0 spiro atoms. The van der Waals surface area contributed by atoms with E-state index in [1.807, 2.05) is 13.8 Å². The quantitative estimate of drug-likeness (QED) is 0.660. The number of nitrogens with one attached hydrogen (secondary N) is 1. The third-order valence-corrected chi connectivity index (χ3v) is 4.99. The van der Waals surface area contributed by atoms with Crippen LogP contribution in [0.1, 0.15) is 72.9 Å². The lowest BCUT2D eigenvalue weighted by Crippen LogP contribution is -2.34. The number of aromatic carboxylic acids is 1. The molecule has 1 atom stereocenters. The fourth-order valence-corrected chi connectivity index (χ4v) is 3.36. The molecule has 8 heteroatoms. The van der Waals surface area contributed by atoms with Crippen LogP contribution in [0.25, 0.3) is 0 Å². The van der Waals surface area contributed by atoms with Crippen molar-refractivity contribution in [1.29, 1.82) is 0 Å². The molecule has 1 aromatic heterocycles. The maximum Gasteiger partial charge on any atom is 0.347 e. The lowest BCUT2D eigenvalue weighted by atomic mass is 10.2. The predicted molar refractivity (Wildman–Crippen MR) is 96.8 cm³/mol. The molecule has 1 heterocycles. The van der Waals surface area contributed by atoms with E-state index in [2.05, 4.69) is 10.3 Å². The fourth-order valence-electron chi connectivity index (χ4n) is 2.46. The second-order valence-electron chi connectivity index (χ2n) is 5.94. The summed E-state index contributed by atoms with van der Waals surface area (Å²) in [6.45, 7) is 8.84. The van der Waals surface area contributed by atoms with Crippen LogP contribution in [-0.4, -0.2) is 45.9 Å². The minimum atomic E-state index is -1.02. The highest BCUT2D eigenvalue weighted by Gasteiger charge is 2.20. The number of thiazole rings is 1. The topological polar surface area (TPSA) is 99.6 Å². The van der Waals surface area contributed by atoms with E-state index in [9.17, 15) is 14.4 Å². The Hall–Kier alpha value is -1.96. The number of carbonyl (C=O) groups excluding carboxylic acids is 2. The Kier molecular flexibility index (Phi) is 8.54. The molecule has 0 saturated heterocycles.